The third kappa shape index (κ3) is 3.40. The third-order valence-electron chi connectivity index (χ3n) is 3.30. The van der Waals surface area contributed by atoms with Crippen molar-refractivity contribution >= 4 is 26.8 Å². The lowest BCUT2D eigenvalue weighted by Crippen LogP contribution is -2.28. The van der Waals surface area contributed by atoms with Crippen molar-refractivity contribution in [1.82, 2.24) is 4.31 Å². The van der Waals surface area contributed by atoms with E-state index in [1.807, 2.05) is 18.2 Å². The van der Waals surface area contributed by atoms with Gasteiger partial charge in [0.25, 0.3) is 0 Å². The van der Waals surface area contributed by atoms with Crippen LogP contribution in [0.25, 0.3) is 10.8 Å². The number of fused-ring (bicyclic) bond motifs is 1. The minimum absolute atomic E-state index is 0.0462. The molecule has 0 aromatic heterocycles. The minimum atomic E-state index is -3.62. The lowest BCUT2D eigenvalue weighted by molar-refractivity contribution is -0.137. The molecule has 0 saturated carbocycles. The van der Waals surface area contributed by atoms with Gasteiger partial charge in [-0.05, 0) is 17.9 Å². The fraction of sp³-hybridized carbons (Fsp3) is 0.267. The lowest BCUT2D eigenvalue weighted by atomic mass is 10.1. The number of aliphatic carboxylic acids is 1. The van der Waals surface area contributed by atoms with Crippen molar-refractivity contribution in [2.75, 3.05) is 13.6 Å². The van der Waals surface area contributed by atoms with Crippen LogP contribution in [0.15, 0.2) is 47.4 Å². The van der Waals surface area contributed by atoms with E-state index in [1.54, 1.807) is 24.3 Å². The topological polar surface area (TPSA) is 74.7 Å². The lowest BCUT2D eigenvalue weighted by Gasteiger charge is -2.18. The predicted molar refractivity (Wildman–Crippen MR) is 80.6 cm³/mol. The standard InChI is InChI=1S/C15H17NO4S/c1-16(11-5-10-15(17)18)21(19,20)14-9-4-7-12-6-2-3-8-13(12)14/h2-4,6-9H,5,10-11H2,1H3,(H,17,18). The van der Waals surface area contributed by atoms with Crippen molar-refractivity contribution in [3.05, 3.63) is 42.5 Å². The predicted octanol–water partition coefficient (Wildman–Crippen LogP) is 2.33. The number of nitrogens with zero attached hydrogens (tertiary/aromatic N) is 1. The zero-order valence-corrected chi connectivity index (χ0v) is 12.5. The summed E-state index contributed by atoms with van der Waals surface area (Å²) < 4.78 is 26.4. The smallest absolute Gasteiger partial charge is 0.303 e. The second-order valence-electron chi connectivity index (χ2n) is 4.80. The first-order chi connectivity index (χ1) is 9.93. The number of sulfonamides is 1. The number of rotatable bonds is 6. The molecule has 0 unspecified atom stereocenters. The number of hydrogen-bond donors (Lipinski definition) is 1. The highest BCUT2D eigenvalue weighted by molar-refractivity contribution is 7.89. The van der Waals surface area contributed by atoms with Gasteiger partial charge >= 0.3 is 5.97 Å². The highest BCUT2D eigenvalue weighted by Crippen LogP contribution is 2.25. The van der Waals surface area contributed by atoms with E-state index in [1.165, 1.54) is 11.4 Å². The number of hydrogen-bond acceptors (Lipinski definition) is 3. The summed E-state index contributed by atoms with van der Waals surface area (Å²) in [6.07, 6.45) is 0.241. The van der Waals surface area contributed by atoms with Gasteiger partial charge in [-0.2, -0.15) is 0 Å². The molecule has 6 heteroatoms. The summed E-state index contributed by atoms with van der Waals surface area (Å²) in [5.74, 6) is -0.925. The second kappa shape index (κ2) is 6.24. The van der Waals surface area contributed by atoms with Crippen LogP contribution in [-0.4, -0.2) is 37.4 Å². The summed E-state index contributed by atoms with van der Waals surface area (Å²) in [5.41, 5.74) is 0. The molecule has 0 saturated heterocycles. The molecule has 0 heterocycles. The average Bonchev–Trinajstić information content (AvgIpc) is 2.46. The first-order valence-electron chi connectivity index (χ1n) is 6.59. The molecule has 0 radical (unpaired) electrons. The van der Waals surface area contributed by atoms with E-state index >= 15 is 0 Å². The molecular formula is C15H17NO4S. The summed E-state index contributed by atoms with van der Waals surface area (Å²) in [4.78, 5) is 10.8. The van der Waals surface area contributed by atoms with Crippen molar-refractivity contribution in [3.63, 3.8) is 0 Å². The Morgan fingerprint density at radius 3 is 2.52 bits per heavy atom. The monoisotopic (exact) mass is 307 g/mol. The fourth-order valence-electron chi connectivity index (χ4n) is 2.16. The average molecular weight is 307 g/mol. The van der Waals surface area contributed by atoms with Crippen LogP contribution in [0.5, 0.6) is 0 Å². The molecule has 0 aliphatic heterocycles. The highest BCUT2D eigenvalue weighted by atomic mass is 32.2. The van der Waals surface area contributed by atoms with Crippen LogP contribution in [0, 0.1) is 0 Å². The molecular weight excluding hydrogens is 290 g/mol. The first-order valence-corrected chi connectivity index (χ1v) is 8.03. The van der Waals surface area contributed by atoms with Crippen molar-refractivity contribution in [2.24, 2.45) is 0 Å². The minimum Gasteiger partial charge on any atom is -0.481 e. The first kappa shape index (κ1) is 15.5. The van der Waals surface area contributed by atoms with Crippen molar-refractivity contribution in [2.45, 2.75) is 17.7 Å². The van der Waals surface area contributed by atoms with E-state index in [-0.39, 0.29) is 24.3 Å². The van der Waals surface area contributed by atoms with Gasteiger partial charge in [-0.15, -0.1) is 0 Å². The van der Waals surface area contributed by atoms with Gasteiger partial charge in [0.1, 0.15) is 0 Å². The number of carbonyl (C=O) groups is 1. The van der Waals surface area contributed by atoms with Gasteiger partial charge in [-0.25, -0.2) is 12.7 Å². The van der Waals surface area contributed by atoms with Crippen molar-refractivity contribution in [1.29, 1.82) is 0 Å². The summed E-state index contributed by atoms with van der Waals surface area (Å²) in [5, 5.41) is 10.1. The van der Waals surface area contributed by atoms with Crippen LogP contribution in [0.3, 0.4) is 0 Å². The van der Waals surface area contributed by atoms with E-state index in [4.69, 9.17) is 5.11 Å². The molecule has 0 spiro atoms. The maximum absolute atomic E-state index is 12.6. The normalized spacial score (nSPS) is 11.9. The summed E-state index contributed by atoms with van der Waals surface area (Å²) in [6, 6.07) is 12.4. The number of carboxylic acid groups (broad SMARTS) is 1. The molecule has 0 atom stereocenters. The summed E-state index contributed by atoms with van der Waals surface area (Å²) >= 11 is 0. The molecule has 112 valence electrons. The highest BCUT2D eigenvalue weighted by Gasteiger charge is 2.22. The van der Waals surface area contributed by atoms with Crippen LogP contribution in [0.4, 0.5) is 0 Å². The number of benzene rings is 2. The quantitative estimate of drug-likeness (QED) is 0.888. The second-order valence-corrected chi connectivity index (χ2v) is 6.81. The van der Waals surface area contributed by atoms with Gasteiger partial charge in [-0.3, -0.25) is 4.79 Å². The Morgan fingerprint density at radius 1 is 1.14 bits per heavy atom. The molecule has 0 fully saturated rings. The maximum atomic E-state index is 12.6. The van der Waals surface area contributed by atoms with Crippen LogP contribution in [0.1, 0.15) is 12.8 Å². The Hall–Kier alpha value is -1.92. The molecule has 1 N–H and O–H groups in total. The summed E-state index contributed by atoms with van der Waals surface area (Å²) in [7, 11) is -2.15. The fourth-order valence-corrected chi connectivity index (χ4v) is 3.58. The summed E-state index contributed by atoms with van der Waals surface area (Å²) in [6.45, 7) is 0.178. The van der Waals surface area contributed by atoms with Crippen molar-refractivity contribution < 1.29 is 18.3 Å². The van der Waals surface area contributed by atoms with E-state index in [9.17, 15) is 13.2 Å². The van der Waals surface area contributed by atoms with Gasteiger partial charge < -0.3 is 5.11 Å². The molecule has 0 aliphatic rings. The van der Waals surface area contributed by atoms with E-state index < -0.39 is 16.0 Å². The molecule has 2 aromatic rings. The zero-order valence-electron chi connectivity index (χ0n) is 11.7. The van der Waals surface area contributed by atoms with Gasteiger partial charge in [0, 0.05) is 25.4 Å². The maximum Gasteiger partial charge on any atom is 0.303 e. The van der Waals surface area contributed by atoms with Crippen LogP contribution in [-0.2, 0) is 14.8 Å². The van der Waals surface area contributed by atoms with Gasteiger partial charge in [0.15, 0.2) is 0 Å². The molecule has 0 aliphatic carbocycles. The van der Waals surface area contributed by atoms with Crippen LogP contribution >= 0.6 is 0 Å². The Kier molecular flexibility index (Phi) is 4.59. The Bertz CT molecular complexity index is 750. The molecule has 0 amide bonds. The number of carboxylic acids is 1. The van der Waals surface area contributed by atoms with Crippen LogP contribution < -0.4 is 0 Å². The molecule has 5 nitrogen and oxygen atoms in total. The zero-order chi connectivity index (χ0) is 15.5. The van der Waals surface area contributed by atoms with E-state index in [0.29, 0.717) is 5.39 Å². The molecule has 2 aromatic carbocycles. The Morgan fingerprint density at radius 2 is 1.81 bits per heavy atom. The van der Waals surface area contributed by atoms with Crippen LogP contribution in [0.2, 0.25) is 0 Å². The van der Waals surface area contributed by atoms with Gasteiger partial charge in [-0.1, -0.05) is 36.4 Å². The Labute approximate surface area is 123 Å². The van der Waals surface area contributed by atoms with E-state index in [0.717, 1.165) is 5.39 Å². The van der Waals surface area contributed by atoms with Crippen molar-refractivity contribution in [3.8, 4) is 0 Å². The molecule has 21 heavy (non-hydrogen) atoms. The Balaban J connectivity index is 2.31. The van der Waals surface area contributed by atoms with E-state index in [2.05, 4.69) is 0 Å². The third-order valence-corrected chi connectivity index (χ3v) is 5.22. The molecule has 0 bridgehead atoms. The molecule has 2 rings (SSSR count). The largest absolute Gasteiger partial charge is 0.481 e. The van der Waals surface area contributed by atoms with Gasteiger partial charge in [0.05, 0.1) is 4.90 Å². The van der Waals surface area contributed by atoms with Gasteiger partial charge in [0.2, 0.25) is 10.0 Å². The SMILES string of the molecule is CN(CCCC(=O)O)S(=O)(=O)c1cccc2ccccc12.